The molecule has 0 aliphatic carbocycles. The molecular formula is C11H18N4O3S. The Balaban J connectivity index is 2.29. The average molecular weight is 286 g/mol. The van der Waals surface area contributed by atoms with Crippen LogP contribution in [0.25, 0.3) is 0 Å². The molecule has 7 nitrogen and oxygen atoms in total. The Morgan fingerprint density at radius 1 is 1.63 bits per heavy atom. The van der Waals surface area contributed by atoms with Crippen molar-refractivity contribution in [1.29, 1.82) is 0 Å². The SMILES string of the molecule is CC(O)C1CCN(S(=O)(=O)c2ncccc2NN)C1. The van der Waals surface area contributed by atoms with Crippen LogP contribution in [0.4, 0.5) is 5.69 Å². The Kier molecular flexibility index (Phi) is 4.04. The van der Waals surface area contributed by atoms with Crippen LogP contribution in [0.3, 0.4) is 0 Å². The second-order valence-corrected chi connectivity index (χ2v) is 6.51. The van der Waals surface area contributed by atoms with Gasteiger partial charge >= 0.3 is 0 Å². The van der Waals surface area contributed by atoms with Crippen LogP contribution >= 0.6 is 0 Å². The lowest BCUT2D eigenvalue weighted by atomic mass is 10.0. The molecule has 1 aromatic heterocycles. The topological polar surface area (TPSA) is 109 Å². The van der Waals surface area contributed by atoms with E-state index in [-0.39, 0.29) is 16.6 Å². The van der Waals surface area contributed by atoms with Crippen LogP contribution in [-0.4, -0.2) is 42.0 Å². The molecule has 1 aromatic rings. The van der Waals surface area contributed by atoms with Gasteiger partial charge in [0.1, 0.15) is 0 Å². The van der Waals surface area contributed by atoms with Gasteiger partial charge in [0.25, 0.3) is 10.0 Å². The van der Waals surface area contributed by atoms with Crippen LogP contribution in [0.2, 0.25) is 0 Å². The van der Waals surface area contributed by atoms with Crippen molar-refractivity contribution in [1.82, 2.24) is 9.29 Å². The molecule has 8 heteroatoms. The summed E-state index contributed by atoms with van der Waals surface area (Å²) in [6, 6.07) is 3.17. The number of nitrogens with two attached hydrogens (primary N) is 1. The average Bonchev–Trinajstić information content (AvgIpc) is 2.89. The maximum absolute atomic E-state index is 12.5. The molecular weight excluding hydrogens is 268 g/mol. The number of pyridine rings is 1. The Morgan fingerprint density at radius 2 is 2.37 bits per heavy atom. The summed E-state index contributed by atoms with van der Waals surface area (Å²) < 4.78 is 26.3. The normalized spacial score (nSPS) is 22.4. The van der Waals surface area contributed by atoms with Gasteiger partial charge in [0.05, 0.1) is 11.8 Å². The first-order valence-electron chi connectivity index (χ1n) is 6.06. The number of hydrazine groups is 1. The Morgan fingerprint density at radius 3 is 2.95 bits per heavy atom. The van der Waals surface area contributed by atoms with E-state index in [2.05, 4.69) is 10.4 Å². The number of rotatable bonds is 4. The fourth-order valence-electron chi connectivity index (χ4n) is 2.19. The van der Waals surface area contributed by atoms with E-state index in [1.807, 2.05) is 0 Å². The number of nitrogens with one attached hydrogen (secondary N) is 1. The van der Waals surface area contributed by atoms with E-state index >= 15 is 0 Å². The molecule has 0 spiro atoms. The third-order valence-electron chi connectivity index (χ3n) is 3.38. The number of hydrogen-bond donors (Lipinski definition) is 3. The molecule has 1 aliphatic rings. The Bertz CT molecular complexity index is 547. The predicted molar refractivity (Wildman–Crippen MR) is 70.6 cm³/mol. The van der Waals surface area contributed by atoms with Crippen LogP contribution in [-0.2, 0) is 10.0 Å². The molecule has 4 N–H and O–H groups in total. The molecule has 1 saturated heterocycles. The number of sulfonamides is 1. The largest absolute Gasteiger partial charge is 0.393 e. The van der Waals surface area contributed by atoms with Gasteiger partial charge < -0.3 is 10.5 Å². The minimum absolute atomic E-state index is 0.0345. The van der Waals surface area contributed by atoms with E-state index in [1.54, 1.807) is 19.1 Å². The standard InChI is InChI=1S/C11H18N4O3S/c1-8(16)9-4-6-15(7-9)19(17,18)11-10(14-12)3-2-5-13-11/h2-3,5,8-9,14,16H,4,6-7,12H2,1H3. The minimum atomic E-state index is -3.68. The zero-order valence-electron chi connectivity index (χ0n) is 10.7. The highest BCUT2D eigenvalue weighted by Crippen LogP contribution is 2.28. The van der Waals surface area contributed by atoms with Crippen molar-refractivity contribution in [3.63, 3.8) is 0 Å². The summed E-state index contributed by atoms with van der Waals surface area (Å²) in [4.78, 5) is 3.90. The van der Waals surface area contributed by atoms with E-state index in [4.69, 9.17) is 5.84 Å². The van der Waals surface area contributed by atoms with Gasteiger partial charge in [-0.2, -0.15) is 4.31 Å². The molecule has 2 rings (SSSR count). The Hall–Kier alpha value is -1.22. The fraction of sp³-hybridized carbons (Fsp3) is 0.545. The van der Waals surface area contributed by atoms with Crippen LogP contribution < -0.4 is 11.3 Å². The molecule has 2 heterocycles. The number of aromatic nitrogens is 1. The lowest BCUT2D eigenvalue weighted by Gasteiger charge is -2.18. The van der Waals surface area contributed by atoms with Crippen LogP contribution in [0.15, 0.2) is 23.4 Å². The first-order valence-corrected chi connectivity index (χ1v) is 7.50. The van der Waals surface area contributed by atoms with Crippen molar-refractivity contribution in [3.8, 4) is 0 Å². The maximum Gasteiger partial charge on any atom is 0.262 e. The molecule has 2 atom stereocenters. The molecule has 0 radical (unpaired) electrons. The smallest absolute Gasteiger partial charge is 0.262 e. The van der Waals surface area contributed by atoms with Crippen LogP contribution in [0.1, 0.15) is 13.3 Å². The number of aliphatic hydroxyl groups excluding tert-OH is 1. The highest BCUT2D eigenvalue weighted by atomic mass is 32.2. The van der Waals surface area contributed by atoms with Crippen molar-refractivity contribution in [3.05, 3.63) is 18.3 Å². The molecule has 0 bridgehead atoms. The zero-order chi connectivity index (χ0) is 14.0. The summed E-state index contributed by atoms with van der Waals surface area (Å²) in [7, 11) is -3.68. The third-order valence-corrected chi connectivity index (χ3v) is 5.21. The Labute approximate surface area is 112 Å². The summed E-state index contributed by atoms with van der Waals surface area (Å²) in [5.74, 6) is 5.27. The lowest BCUT2D eigenvalue weighted by Crippen LogP contribution is -2.32. The summed E-state index contributed by atoms with van der Waals surface area (Å²) >= 11 is 0. The maximum atomic E-state index is 12.5. The van der Waals surface area contributed by atoms with Gasteiger partial charge in [-0.1, -0.05) is 0 Å². The van der Waals surface area contributed by atoms with E-state index in [0.717, 1.165) is 0 Å². The van der Waals surface area contributed by atoms with E-state index < -0.39 is 16.1 Å². The van der Waals surface area contributed by atoms with Crippen molar-refractivity contribution in [2.24, 2.45) is 11.8 Å². The number of anilines is 1. The lowest BCUT2D eigenvalue weighted by molar-refractivity contribution is 0.133. The monoisotopic (exact) mass is 286 g/mol. The summed E-state index contributed by atoms with van der Waals surface area (Å²) in [6.45, 7) is 2.37. The van der Waals surface area contributed by atoms with Crippen LogP contribution in [0.5, 0.6) is 0 Å². The van der Waals surface area contributed by atoms with Gasteiger partial charge in [-0.05, 0) is 31.4 Å². The molecule has 1 fully saturated rings. The highest BCUT2D eigenvalue weighted by molar-refractivity contribution is 7.89. The zero-order valence-corrected chi connectivity index (χ0v) is 11.5. The quantitative estimate of drug-likeness (QED) is 0.520. The van der Waals surface area contributed by atoms with Gasteiger partial charge in [-0.3, -0.25) is 5.84 Å². The van der Waals surface area contributed by atoms with Gasteiger partial charge in [-0.25, -0.2) is 13.4 Å². The van der Waals surface area contributed by atoms with E-state index in [9.17, 15) is 13.5 Å². The molecule has 106 valence electrons. The highest BCUT2D eigenvalue weighted by Gasteiger charge is 2.36. The molecule has 0 aromatic carbocycles. The van der Waals surface area contributed by atoms with Crippen molar-refractivity contribution >= 4 is 15.7 Å². The number of hydrogen-bond acceptors (Lipinski definition) is 6. The number of nitrogen functional groups attached to an aromatic ring is 1. The summed E-state index contributed by atoms with van der Waals surface area (Å²) in [6.07, 6.45) is 1.54. The summed E-state index contributed by atoms with van der Waals surface area (Å²) in [5, 5.41) is 9.46. The second kappa shape index (κ2) is 5.41. The molecule has 0 saturated carbocycles. The number of nitrogens with zero attached hydrogens (tertiary/aromatic N) is 2. The summed E-state index contributed by atoms with van der Waals surface area (Å²) in [5.41, 5.74) is 2.61. The van der Waals surface area contributed by atoms with Gasteiger partial charge in [0, 0.05) is 19.3 Å². The van der Waals surface area contributed by atoms with Crippen LogP contribution in [0, 0.1) is 5.92 Å². The third kappa shape index (κ3) is 2.71. The van der Waals surface area contributed by atoms with Crippen molar-refractivity contribution in [2.75, 3.05) is 18.5 Å². The van der Waals surface area contributed by atoms with E-state index in [0.29, 0.717) is 19.5 Å². The minimum Gasteiger partial charge on any atom is -0.393 e. The molecule has 2 unspecified atom stereocenters. The van der Waals surface area contributed by atoms with Crippen molar-refractivity contribution in [2.45, 2.75) is 24.5 Å². The van der Waals surface area contributed by atoms with Crippen molar-refractivity contribution < 1.29 is 13.5 Å². The van der Waals surface area contributed by atoms with E-state index in [1.165, 1.54) is 10.5 Å². The molecule has 0 amide bonds. The molecule has 1 aliphatic heterocycles. The molecule has 19 heavy (non-hydrogen) atoms. The number of aliphatic hydroxyl groups is 1. The van der Waals surface area contributed by atoms with Gasteiger partial charge in [0.2, 0.25) is 0 Å². The second-order valence-electron chi connectivity index (χ2n) is 4.65. The first kappa shape index (κ1) is 14.2. The fourth-order valence-corrected chi connectivity index (χ4v) is 3.77. The van der Waals surface area contributed by atoms with Gasteiger partial charge in [-0.15, -0.1) is 0 Å². The van der Waals surface area contributed by atoms with Gasteiger partial charge in [0.15, 0.2) is 5.03 Å². The predicted octanol–water partition coefficient (Wildman–Crippen LogP) is -0.241. The first-order chi connectivity index (χ1) is 8.96.